The van der Waals surface area contributed by atoms with Crippen LogP contribution in [0.25, 0.3) is 0 Å². The molecular weight excluding hydrogens is 572 g/mol. The molecule has 0 aromatic rings. The van der Waals surface area contributed by atoms with Crippen molar-refractivity contribution in [1.82, 2.24) is 0 Å². The molecule has 0 aliphatic heterocycles. The van der Waals surface area contributed by atoms with Crippen molar-refractivity contribution in [3.63, 3.8) is 0 Å². The third kappa shape index (κ3) is 35.2. The molecule has 5 nitrogen and oxygen atoms in total. The van der Waals surface area contributed by atoms with Gasteiger partial charge in [0.1, 0.15) is 6.61 Å². The lowest BCUT2D eigenvalue weighted by molar-refractivity contribution is -0.163. The third-order valence-corrected chi connectivity index (χ3v) is 8.49. The summed E-state index contributed by atoms with van der Waals surface area (Å²) < 4.78 is 17.1. The summed E-state index contributed by atoms with van der Waals surface area (Å²) in [4.78, 5) is 24.8. The summed E-state index contributed by atoms with van der Waals surface area (Å²) in [6.07, 6.45) is 40.4. The highest BCUT2D eigenvalue weighted by molar-refractivity contribution is 5.70. The molecule has 0 radical (unpaired) electrons. The van der Waals surface area contributed by atoms with Gasteiger partial charge in [0.25, 0.3) is 0 Å². The molecule has 0 rings (SSSR count). The zero-order valence-electron chi connectivity index (χ0n) is 30.8. The molecule has 0 fully saturated rings. The summed E-state index contributed by atoms with van der Waals surface area (Å²) in [6, 6.07) is 0. The Labute approximate surface area is 286 Å². The van der Waals surface area contributed by atoms with Gasteiger partial charge >= 0.3 is 11.9 Å². The molecule has 0 heterocycles. The number of rotatable bonds is 36. The summed E-state index contributed by atoms with van der Waals surface area (Å²) >= 11 is 0. The number of allylic oxidation sites excluding steroid dienone is 4. The van der Waals surface area contributed by atoms with Crippen LogP contribution in [0.3, 0.4) is 0 Å². The van der Waals surface area contributed by atoms with E-state index in [1.807, 2.05) is 0 Å². The van der Waals surface area contributed by atoms with Gasteiger partial charge in [-0.05, 0) is 51.4 Å². The van der Waals surface area contributed by atoms with E-state index in [1.165, 1.54) is 122 Å². The average molecular weight is 649 g/mol. The largest absolute Gasteiger partial charge is 0.462 e. The smallest absolute Gasteiger partial charge is 0.306 e. The van der Waals surface area contributed by atoms with Crippen molar-refractivity contribution in [2.24, 2.45) is 0 Å². The molecule has 0 saturated heterocycles. The summed E-state index contributed by atoms with van der Waals surface area (Å²) in [6.45, 7) is 7.71. The van der Waals surface area contributed by atoms with E-state index in [1.54, 1.807) is 0 Å². The number of carbonyl (C=O) groups excluding carboxylic acids is 2. The second-order valence-electron chi connectivity index (χ2n) is 13.2. The molecule has 0 aliphatic carbocycles. The molecule has 46 heavy (non-hydrogen) atoms. The summed E-state index contributed by atoms with van der Waals surface area (Å²) in [5.41, 5.74) is 0. The highest BCUT2D eigenvalue weighted by Crippen LogP contribution is 2.12. The monoisotopic (exact) mass is 649 g/mol. The lowest BCUT2D eigenvalue weighted by atomic mass is 10.1. The lowest BCUT2D eigenvalue weighted by Gasteiger charge is -2.18. The van der Waals surface area contributed by atoms with Crippen molar-refractivity contribution < 1.29 is 23.8 Å². The summed E-state index contributed by atoms with van der Waals surface area (Å²) in [7, 11) is 0. The van der Waals surface area contributed by atoms with Crippen molar-refractivity contribution in [1.29, 1.82) is 0 Å². The minimum atomic E-state index is -0.528. The number of unbranched alkanes of at least 4 members (excludes halogenated alkanes) is 21. The molecule has 0 aromatic carbocycles. The first-order valence-corrected chi connectivity index (χ1v) is 19.9. The maximum Gasteiger partial charge on any atom is 0.306 e. The van der Waals surface area contributed by atoms with Crippen LogP contribution >= 0.6 is 0 Å². The van der Waals surface area contributed by atoms with Gasteiger partial charge in [-0.3, -0.25) is 9.59 Å². The predicted octanol–water partition coefficient (Wildman–Crippen LogP) is 12.6. The quantitative estimate of drug-likeness (QED) is 0.0384. The Kier molecular flexibility index (Phi) is 36.5. The highest BCUT2D eigenvalue weighted by Gasteiger charge is 2.17. The first-order valence-electron chi connectivity index (χ1n) is 19.9. The van der Waals surface area contributed by atoms with Gasteiger partial charge in [-0.2, -0.15) is 0 Å². The van der Waals surface area contributed by atoms with Crippen molar-refractivity contribution in [2.75, 3.05) is 19.8 Å². The maximum atomic E-state index is 12.5. The molecule has 5 heteroatoms. The van der Waals surface area contributed by atoms with Gasteiger partial charge < -0.3 is 14.2 Å². The van der Waals surface area contributed by atoms with Crippen molar-refractivity contribution in [2.45, 2.75) is 207 Å². The van der Waals surface area contributed by atoms with E-state index in [0.717, 1.165) is 44.9 Å². The molecule has 1 atom stereocenters. The Hall–Kier alpha value is -1.62. The fraction of sp³-hybridized carbons (Fsp3) is 0.854. The van der Waals surface area contributed by atoms with E-state index in [2.05, 4.69) is 45.1 Å². The molecule has 1 unspecified atom stereocenters. The van der Waals surface area contributed by atoms with E-state index in [9.17, 15) is 9.59 Å². The van der Waals surface area contributed by atoms with Gasteiger partial charge in [0, 0.05) is 19.4 Å². The van der Waals surface area contributed by atoms with Crippen LogP contribution in [-0.4, -0.2) is 37.9 Å². The predicted molar refractivity (Wildman–Crippen MR) is 196 cm³/mol. The zero-order chi connectivity index (χ0) is 33.6. The van der Waals surface area contributed by atoms with E-state index >= 15 is 0 Å². The van der Waals surface area contributed by atoms with Gasteiger partial charge in [0.2, 0.25) is 0 Å². The van der Waals surface area contributed by atoms with Gasteiger partial charge in [-0.1, -0.05) is 161 Å². The topological polar surface area (TPSA) is 61.8 Å². The van der Waals surface area contributed by atoms with Gasteiger partial charge in [-0.15, -0.1) is 0 Å². The second kappa shape index (κ2) is 37.8. The number of hydrogen-bond donors (Lipinski definition) is 0. The number of carbonyl (C=O) groups is 2. The molecule has 0 spiro atoms. The number of hydrogen-bond acceptors (Lipinski definition) is 5. The Morgan fingerprint density at radius 1 is 0.478 bits per heavy atom. The minimum Gasteiger partial charge on any atom is -0.462 e. The van der Waals surface area contributed by atoms with E-state index in [0.29, 0.717) is 19.4 Å². The lowest BCUT2D eigenvalue weighted by Crippen LogP contribution is -2.30. The minimum absolute atomic E-state index is 0.0851. The molecule has 0 aromatic heterocycles. The van der Waals surface area contributed by atoms with Crippen LogP contribution in [0.5, 0.6) is 0 Å². The Balaban J connectivity index is 4.13. The highest BCUT2D eigenvalue weighted by atomic mass is 16.6. The maximum absolute atomic E-state index is 12.5. The van der Waals surface area contributed by atoms with E-state index < -0.39 is 6.10 Å². The Morgan fingerprint density at radius 3 is 1.48 bits per heavy atom. The Morgan fingerprint density at radius 2 is 0.913 bits per heavy atom. The summed E-state index contributed by atoms with van der Waals surface area (Å²) in [5, 5.41) is 0. The molecule has 270 valence electrons. The van der Waals surface area contributed by atoms with Crippen LogP contribution in [0.2, 0.25) is 0 Å². The number of ether oxygens (including phenoxy) is 3. The molecule has 0 bridgehead atoms. The zero-order valence-corrected chi connectivity index (χ0v) is 30.8. The van der Waals surface area contributed by atoms with Crippen molar-refractivity contribution in [3.8, 4) is 0 Å². The van der Waals surface area contributed by atoms with E-state index in [4.69, 9.17) is 14.2 Å². The second-order valence-corrected chi connectivity index (χ2v) is 13.2. The average Bonchev–Trinajstić information content (AvgIpc) is 3.05. The summed E-state index contributed by atoms with van der Waals surface area (Å²) in [5.74, 6) is -0.411. The molecule has 0 saturated carbocycles. The number of esters is 2. The van der Waals surface area contributed by atoms with Crippen LogP contribution in [0.4, 0.5) is 0 Å². The van der Waals surface area contributed by atoms with Crippen molar-refractivity contribution in [3.05, 3.63) is 24.3 Å². The third-order valence-electron chi connectivity index (χ3n) is 8.49. The van der Waals surface area contributed by atoms with Crippen LogP contribution in [0, 0.1) is 0 Å². The molecule has 0 N–H and O–H groups in total. The van der Waals surface area contributed by atoms with Gasteiger partial charge in [-0.25, -0.2) is 0 Å². The first kappa shape index (κ1) is 44.4. The van der Waals surface area contributed by atoms with Crippen molar-refractivity contribution >= 4 is 11.9 Å². The van der Waals surface area contributed by atoms with Gasteiger partial charge in [0.05, 0.1) is 6.61 Å². The van der Waals surface area contributed by atoms with Crippen LogP contribution in [-0.2, 0) is 23.8 Å². The molecular formula is C41H76O5. The normalized spacial score (nSPS) is 12.3. The van der Waals surface area contributed by atoms with Crippen LogP contribution < -0.4 is 0 Å². The molecule has 0 amide bonds. The van der Waals surface area contributed by atoms with Crippen LogP contribution in [0.1, 0.15) is 201 Å². The first-order chi connectivity index (χ1) is 22.6. The fourth-order valence-electron chi connectivity index (χ4n) is 5.48. The standard InChI is InChI=1S/C41H76O5/c1-4-7-10-13-16-17-18-19-20-21-22-23-24-27-30-33-36-44-37-39(46-41(43)35-32-29-26-15-12-9-6-3)38-45-40(42)34-31-28-25-14-11-8-5-2/h16-17,19-20,39H,4-15,18,21-38H2,1-3H3/b17-16-,20-19-. The Bertz CT molecular complexity index is 701. The van der Waals surface area contributed by atoms with Crippen LogP contribution in [0.15, 0.2) is 24.3 Å². The van der Waals surface area contributed by atoms with E-state index in [-0.39, 0.29) is 25.2 Å². The van der Waals surface area contributed by atoms with Gasteiger partial charge in [0.15, 0.2) is 6.10 Å². The SMILES string of the molecule is CCCCC/C=C\C/C=C\CCCCCCCCOCC(COC(=O)CCCCCCCCC)OC(=O)CCCCCCCCC. The molecule has 0 aliphatic rings. The fourth-order valence-corrected chi connectivity index (χ4v) is 5.48.